The van der Waals surface area contributed by atoms with Gasteiger partial charge in [-0.2, -0.15) is 0 Å². The van der Waals surface area contributed by atoms with E-state index in [1.165, 1.54) is 6.07 Å². The summed E-state index contributed by atoms with van der Waals surface area (Å²) in [5.41, 5.74) is 6.14. The van der Waals surface area contributed by atoms with E-state index >= 15 is 0 Å². The van der Waals surface area contributed by atoms with Gasteiger partial charge in [0.15, 0.2) is 0 Å². The Morgan fingerprint density at radius 1 is 1.46 bits per heavy atom. The standard InChI is InChI=1S/C9H12ClNO2/c1-5(12)9(11)7-3-2-6(10)4-8(7)13/h2-5,9,12-13H,11H2,1H3/t5-,9+/m0/s1. The van der Waals surface area contributed by atoms with Crippen LogP contribution in [0.4, 0.5) is 0 Å². The van der Waals surface area contributed by atoms with Gasteiger partial charge in [-0.15, -0.1) is 0 Å². The first-order valence-corrected chi connectivity index (χ1v) is 4.32. The third-order valence-corrected chi connectivity index (χ3v) is 2.11. The molecule has 0 aliphatic heterocycles. The molecule has 0 radical (unpaired) electrons. The molecule has 0 saturated heterocycles. The highest BCUT2D eigenvalue weighted by Gasteiger charge is 2.15. The molecule has 0 saturated carbocycles. The lowest BCUT2D eigenvalue weighted by molar-refractivity contribution is 0.163. The Morgan fingerprint density at radius 3 is 2.54 bits per heavy atom. The fraction of sp³-hybridized carbons (Fsp3) is 0.333. The molecule has 0 heterocycles. The van der Waals surface area contributed by atoms with Crippen molar-refractivity contribution in [1.82, 2.24) is 0 Å². The number of phenols is 1. The fourth-order valence-electron chi connectivity index (χ4n) is 1.06. The van der Waals surface area contributed by atoms with E-state index in [0.717, 1.165) is 0 Å². The number of hydrogen-bond donors (Lipinski definition) is 3. The van der Waals surface area contributed by atoms with Gasteiger partial charge in [-0.1, -0.05) is 17.7 Å². The summed E-state index contributed by atoms with van der Waals surface area (Å²) in [5.74, 6) is 0.0147. The Kier molecular flexibility index (Phi) is 3.14. The van der Waals surface area contributed by atoms with Gasteiger partial charge in [-0.3, -0.25) is 0 Å². The molecule has 3 nitrogen and oxygen atoms in total. The average molecular weight is 202 g/mol. The number of hydrogen-bond acceptors (Lipinski definition) is 3. The van der Waals surface area contributed by atoms with Crippen LogP contribution in [0.3, 0.4) is 0 Å². The maximum atomic E-state index is 9.44. The molecule has 1 rings (SSSR count). The fourth-order valence-corrected chi connectivity index (χ4v) is 1.22. The van der Waals surface area contributed by atoms with E-state index in [1.807, 2.05) is 0 Å². The van der Waals surface area contributed by atoms with Gasteiger partial charge in [-0.25, -0.2) is 0 Å². The summed E-state index contributed by atoms with van der Waals surface area (Å²) in [6.07, 6.45) is -0.702. The molecule has 0 amide bonds. The van der Waals surface area contributed by atoms with Gasteiger partial charge in [-0.05, 0) is 19.1 Å². The molecule has 0 bridgehead atoms. The van der Waals surface area contributed by atoms with Crippen LogP contribution in [0.1, 0.15) is 18.5 Å². The molecule has 72 valence electrons. The van der Waals surface area contributed by atoms with Crippen molar-refractivity contribution < 1.29 is 10.2 Å². The van der Waals surface area contributed by atoms with Gasteiger partial charge in [0, 0.05) is 10.6 Å². The Labute approximate surface area is 81.8 Å². The van der Waals surface area contributed by atoms with Gasteiger partial charge in [0.25, 0.3) is 0 Å². The first-order valence-electron chi connectivity index (χ1n) is 3.94. The minimum absolute atomic E-state index is 0.0147. The number of aliphatic hydroxyl groups excluding tert-OH is 1. The zero-order valence-corrected chi connectivity index (χ0v) is 7.99. The molecule has 0 unspecified atom stereocenters. The molecule has 4 heteroatoms. The number of halogens is 1. The van der Waals surface area contributed by atoms with Crippen LogP contribution in [0.15, 0.2) is 18.2 Å². The third-order valence-electron chi connectivity index (χ3n) is 1.87. The van der Waals surface area contributed by atoms with E-state index < -0.39 is 12.1 Å². The quantitative estimate of drug-likeness (QED) is 0.678. The first-order chi connectivity index (χ1) is 6.02. The highest BCUT2D eigenvalue weighted by molar-refractivity contribution is 6.30. The van der Waals surface area contributed by atoms with E-state index in [1.54, 1.807) is 19.1 Å². The lowest BCUT2D eigenvalue weighted by Crippen LogP contribution is -2.23. The van der Waals surface area contributed by atoms with Crippen molar-refractivity contribution in [1.29, 1.82) is 0 Å². The molecule has 0 aliphatic carbocycles. The molecule has 0 aliphatic rings. The normalized spacial score (nSPS) is 15.4. The molecule has 2 atom stereocenters. The number of aliphatic hydroxyl groups is 1. The van der Waals surface area contributed by atoms with Gasteiger partial charge < -0.3 is 15.9 Å². The lowest BCUT2D eigenvalue weighted by atomic mass is 10.0. The second-order valence-corrected chi connectivity index (χ2v) is 3.41. The first kappa shape index (κ1) is 10.3. The summed E-state index contributed by atoms with van der Waals surface area (Å²) in [6, 6.07) is 4.05. The van der Waals surface area contributed by atoms with E-state index in [0.29, 0.717) is 10.6 Å². The molecule has 4 N–H and O–H groups in total. The highest BCUT2D eigenvalue weighted by atomic mass is 35.5. The SMILES string of the molecule is C[C@H](O)[C@@H](N)c1ccc(Cl)cc1O. The minimum Gasteiger partial charge on any atom is -0.508 e. The largest absolute Gasteiger partial charge is 0.508 e. The van der Waals surface area contributed by atoms with E-state index in [9.17, 15) is 10.2 Å². The van der Waals surface area contributed by atoms with Gasteiger partial charge >= 0.3 is 0 Å². The molecule has 0 aromatic heterocycles. The Bertz CT molecular complexity index is 302. The van der Waals surface area contributed by atoms with Crippen LogP contribution in [0.5, 0.6) is 5.75 Å². The third kappa shape index (κ3) is 2.34. The lowest BCUT2D eigenvalue weighted by Gasteiger charge is -2.16. The highest BCUT2D eigenvalue weighted by Crippen LogP contribution is 2.27. The van der Waals surface area contributed by atoms with Gasteiger partial charge in [0.05, 0.1) is 12.1 Å². The van der Waals surface area contributed by atoms with Crippen molar-refractivity contribution >= 4 is 11.6 Å². The number of rotatable bonds is 2. The molecule has 1 aromatic carbocycles. The summed E-state index contributed by atoms with van der Waals surface area (Å²) in [5, 5.41) is 19.1. The Hall–Kier alpha value is -0.770. The van der Waals surface area contributed by atoms with E-state index in [2.05, 4.69) is 0 Å². The topological polar surface area (TPSA) is 66.5 Å². The summed E-state index contributed by atoms with van der Waals surface area (Å²) >= 11 is 5.64. The zero-order valence-electron chi connectivity index (χ0n) is 7.24. The van der Waals surface area contributed by atoms with Crippen LogP contribution >= 0.6 is 11.6 Å². The Morgan fingerprint density at radius 2 is 2.08 bits per heavy atom. The van der Waals surface area contributed by atoms with Crippen LogP contribution in [-0.2, 0) is 0 Å². The maximum absolute atomic E-state index is 9.44. The number of nitrogens with two attached hydrogens (primary N) is 1. The summed E-state index contributed by atoms with van der Waals surface area (Å²) in [7, 11) is 0. The van der Waals surface area contributed by atoms with Crippen molar-refractivity contribution in [2.75, 3.05) is 0 Å². The Balaban J connectivity index is 3.01. The molecule has 0 fully saturated rings. The average Bonchev–Trinajstić information content (AvgIpc) is 2.03. The van der Waals surface area contributed by atoms with Crippen molar-refractivity contribution in [3.05, 3.63) is 28.8 Å². The van der Waals surface area contributed by atoms with Gasteiger partial charge in [0.1, 0.15) is 5.75 Å². The van der Waals surface area contributed by atoms with Crippen LogP contribution in [0.25, 0.3) is 0 Å². The van der Waals surface area contributed by atoms with Crippen LogP contribution in [0.2, 0.25) is 5.02 Å². The van der Waals surface area contributed by atoms with E-state index in [-0.39, 0.29) is 5.75 Å². The predicted molar refractivity (Wildman–Crippen MR) is 51.7 cm³/mol. The van der Waals surface area contributed by atoms with Crippen molar-refractivity contribution in [2.45, 2.75) is 19.1 Å². The summed E-state index contributed by atoms with van der Waals surface area (Å²) in [6.45, 7) is 1.57. The second-order valence-electron chi connectivity index (χ2n) is 2.97. The smallest absolute Gasteiger partial charge is 0.121 e. The molecule has 0 spiro atoms. The van der Waals surface area contributed by atoms with Gasteiger partial charge in [0.2, 0.25) is 0 Å². The van der Waals surface area contributed by atoms with Crippen LogP contribution in [0, 0.1) is 0 Å². The zero-order chi connectivity index (χ0) is 10.0. The van der Waals surface area contributed by atoms with Crippen molar-refractivity contribution in [3.63, 3.8) is 0 Å². The summed E-state index contributed by atoms with van der Waals surface area (Å²) < 4.78 is 0. The number of benzene rings is 1. The molecular weight excluding hydrogens is 190 g/mol. The summed E-state index contributed by atoms with van der Waals surface area (Å²) in [4.78, 5) is 0. The van der Waals surface area contributed by atoms with Crippen LogP contribution < -0.4 is 5.73 Å². The maximum Gasteiger partial charge on any atom is 0.121 e. The molecular formula is C9H12ClNO2. The second kappa shape index (κ2) is 3.96. The van der Waals surface area contributed by atoms with E-state index in [4.69, 9.17) is 17.3 Å². The van der Waals surface area contributed by atoms with Crippen LogP contribution in [-0.4, -0.2) is 16.3 Å². The van der Waals surface area contributed by atoms with Crippen molar-refractivity contribution in [3.8, 4) is 5.75 Å². The minimum atomic E-state index is -0.702. The number of phenolic OH excluding ortho intramolecular Hbond substituents is 1. The molecule has 13 heavy (non-hydrogen) atoms. The number of aromatic hydroxyl groups is 1. The monoisotopic (exact) mass is 201 g/mol. The molecule has 1 aromatic rings. The predicted octanol–water partition coefficient (Wildman–Crippen LogP) is 1.43. The van der Waals surface area contributed by atoms with Crippen molar-refractivity contribution in [2.24, 2.45) is 5.73 Å².